The molecule has 0 spiro atoms. The Morgan fingerprint density at radius 3 is 2.40 bits per heavy atom. The number of hydrogen-bond donors (Lipinski definition) is 6. The molecule has 0 aromatic rings. The molecule has 4 aliphatic carbocycles. The lowest BCUT2D eigenvalue weighted by atomic mass is 9.44. The van der Waals surface area contributed by atoms with Crippen molar-refractivity contribution in [2.75, 3.05) is 13.2 Å². The first kappa shape index (κ1) is 33.8. The van der Waals surface area contributed by atoms with Crippen LogP contribution in [-0.2, 0) is 33.4 Å². The number of ether oxygens (including phenoxy) is 3. The standard InChI is InChI=1S/C31H41FO13/c1-14-8-18-17-5-4-15-9-16(33)6-7-28(15,2)30(17,32)20(35)11-29(18,3)31(14,42)21(36)13-44-23(38)10-22(37)43-12-19(34)26-24(39)25(40)27(41)45-26/h6-7,9,14,17-20,24-27,34-35,39-42H,4-5,8,10-13H2,1-3H3/t14-,17+,18+,19-,20+,24?,25?,26-,27+,28+,29+,30+,31+/m1/s1. The molecule has 1 heterocycles. The average molecular weight is 641 g/mol. The molecule has 0 aromatic carbocycles. The number of carbonyl (C=O) groups excluding carboxylic acids is 4. The Kier molecular flexibility index (Phi) is 8.69. The second-order valence-corrected chi connectivity index (χ2v) is 13.7. The first-order chi connectivity index (χ1) is 20.9. The van der Waals surface area contributed by atoms with E-state index in [1.165, 1.54) is 18.2 Å². The third-order valence-corrected chi connectivity index (χ3v) is 11.4. The van der Waals surface area contributed by atoms with Gasteiger partial charge in [-0.25, -0.2) is 4.39 Å². The van der Waals surface area contributed by atoms with E-state index in [0.717, 1.165) is 0 Å². The largest absolute Gasteiger partial charge is 0.462 e. The van der Waals surface area contributed by atoms with E-state index in [4.69, 9.17) is 14.2 Å². The first-order valence-electron chi connectivity index (χ1n) is 15.2. The highest BCUT2D eigenvalue weighted by molar-refractivity contribution is 6.01. The zero-order valence-electron chi connectivity index (χ0n) is 25.3. The minimum absolute atomic E-state index is 0.241. The number of fused-ring (bicyclic) bond motifs is 5. The maximum Gasteiger partial charge on any atom is 0.317 e. The van der Waals surface area contributed by atoms with E-state index in [2.05, 4.69) is 0 Å². The van der Waals surface area contributed by atoms with Gasteiger partial charge in [0, 0.05) is 16.7 Å². The molecule has 13 nitrogen and oxygen atoms in total. The van der Waals surface area contributed by atoms with Crippen LogP contribution in [0.4, 0.5) is 4.39 Å². The lowest BCUT2D eigenvalue weighted by Gasteiger charge is -2.62. The van der Waals surface area contributed by atoms with Crippen LogP contribution in [0.25, 0.3) is 0 Å². The predicted molar refractivity (Wildman–Crippen MR) is 148 cm³/mol. The van der Waals surface area contributed by atoms with Gasteiger partial charge in [-0.05, 0) is 56.6 Å². The number of rotatable bonds is 8. The van der Waals surface area contributed by atoms with Crippen molar-refractivity contribution in [2.24, 2.45) is 28.6 Å². The van der Waals surface area contributed by atoms with E-state index in [0.29, 0.717) is 18.4 Å². The van der Waals surface area contributed by atoms with Crippen molar-refractivity contribution < 1.29 is 68.4 Å². The van der Waals surface area contributed by atoms with E-state index in [1.54, 1.807) is 20.8 Å². The van der Waals surface area contributed by atoms with E-state index in [-0.39, 0.29) is 18.6 Å². The van der Waals surface area contributed by atoms with Gasteiger partial charge in [-0.2, -0.15) is 0 Å². The van der Waals surface area contributed by atoms with Gasteiger partial charge in [0.05, 0.1) is 6.10 Å². The molecule has 13 atom stereocenters. The molecule has 1 aliphatic heterocycles. The highest BCUT2D eigenvalue weighted by atomic mass is 19.1. The number of alkyl halides is 1. The number of hydrogen-bond acceptors (Lipinski definition) is 13. The summed E-state index contributed by atoms with van der Waals surface area (Å²) in [5, 5.41) is 62.2. The molecule has 2 unspecified atom stereocenters. The van der Waals surface area contributed by atoms with E-state index in [1.807, 2.05) is 0 Å². The zero-order chi connectivity index (χ0) is 33.3. The Bertz CT molecular complexity index is 1320. The molecular weight excluding hydrogens is 599 g/mol. The summed E-state index contributed by atoms with van der Waals surface area (Å²) in [6.45, 7) is 3.32. The van der Waals surface area contributed by atoms with Gasteiger partial charge < -0.3 is 44.8 Å². The Labute approximate surface area is 258 Å². The third kappa shape index (κ3) is 5.00. The second kappa shape index (κ2) is 11.6. The summed E-state index contributed by atoms with van der Waals surface area (Å²) in [4.78, 5) is 50.1. The number of carbonyl (C=O) groups is 4. The molecule has 4 fully saturated rings. The molecule has 5 aliphatic rings. The molecular formula is C31H41FO13. The zero-order valence-corrected chi connectivity index (χ0v) is 25.3. The number of aliphatic hydroxyl groups is 6. The Balaban J connectivity index is 1.21. The average Bonchev–Trinajstić information content (AvgIpc) is 3.35. The maximum atomic E-state index is 17.3. The van der Waals surface area contributed by atoms with Crippen LogP contribution in [-0.4, -0.2) is 115 Å². The highest BCUT2D eigenvalue weighted by Gasteiger charge is 2.75. The van der Waals surface area contributed by atoms with E-state index < -0.39 is 114 Å². The van der Waals surface area contributed by atoms with Gasteiger partial charge in [0.1, 0.15) is 43.0 Å². The minimum Gasteiger partial charge on any atom is -0.462 e. The third-order valence-electron chi connectivity index (χ3n) is 11.4. The molecule has 3 saturated carbocycles. The summed E-state index contributed by atoms with van der Waals surface area (Å²) in [5.41, 5.74) is -6.13. The molecule has 14 heteroatoms. The van der Waals surface area contributed by atoms with Crippen molar-refractivity contribution in [1.29, 1.82) is 0 Å². The minimum atomic E-state index is -2.14. The van der Waals surface area contributed by atoms with E-state index >= 15 is 4.39 Å². The number of halogens is 1. The van der Waals surface area contributed by atoms with Crippen molar-refractivity contribution in [1.82, 2.24) is 0 Å². The topological polar surface area (TPSA) is 217 Å². The number of Topliss-reactive ketones (excluding diaryl/α,β-unsaturated/α-hetero) is 1. The van der Waals surface area contributed by atoms with E-state index in [9.17, 15) is 49.8 Å². The molecule has 250 valence electrons. The van der Waals surface area contributed by atoms with Gasteiger partial charge in [-0.1, -0.05) is 25.5 Å². The van der Waals surface area contributed by atoms with Crippen LogP contribution in [0.1, 0.15) is 52.9 Å². The summed E-state index contributed by atoms with van der Waals surface area (Å²) < 4.78 is 31.9. The maximum absolute atomic E-state index is 17.3. The highest BCUT2D eigenvalue weighted by Crippen LogP contribution is 2.70. The fraction of sp³-hybridized carbons (Fsp3) is 0.742. The first-order valence-corrected chi connectivity index (χ1v) is 15.2. The van der Waals surface area contributed by atoms with Gasteiger partial charge in [0.15, 0.2) is 24.3 Å². The van der Waals surface area contributed by atoms with Gasteiger partial charge in [0.2, 0.25) is 5.78 Å². The monoisotopic (exact) mass is 640 g/mol. The smallest absolute Gasteiger partial charge is 0.317 e. The SMILES string of the molecule is C[C@@H]1C[C@H]2[C@@H]3CCC4=CC(=O)C=C[C@]4(C)[C@@]3(F)[C@@H](O)C[C@]2(C)[C@@]1(O)C(=O)COC(=O)CC(=O)OC[C@@H](O)[C@H]1O[C@H](O)C(O)C1O. The molecule has 1 saturated heterocycles. The van der Waals surface area contributed by atoms with Crippen LogP contribution in [0.15, 0.2) is 23.8 Å². The summed E-state index contributed by atoms with van der Waals surface area (Å²) in [6.07, 6.45) is -5.68. The quantitative estimate of drug-likeness (QED) is 0.141. The normalized spacial score (nSPS) is 46.0. The Morgan fingerprint density at radius 1 is 1.09 bits per heavy atom. The van der Waals surface area contributed by atoms with Gasteiger partial charge in [-0.15, -0.1) is 0 Å². The summed E-state index contributed by atoms with van der Waals surface area (Å²) in [7, 11) is 0. The lowest BCUT2D eigenvalue weighted by Crippen LogP contribution is -2.69. The van der Waals surface area contributed by atoms with Crippen LogP contribution in [0.5, 0.6) is 0 Å². The molecule has 5 rings (SSSR count). The number of allylic oxidation sites excluding steroid dienone is 4. The fourth-order valence-electron chi connectivity index (χ4n) is 8.89. The van der Waals surface area contributed by atoms with Crippen LogP contribution in [0, 0.1) is 28.6 Å². The molecule has 6 N–H and O–H groups in total. The van der Waals surface area contributed by atoms with Crippen LogP contribution < -0.4 is 0 Å². The van der Waals surface area contributed by atoms with Crippen molar-refractivity contribution in [2.45, 2.75) is 101 Å². The van der Waals surface area contributed by atoms with Crippen molar-refractivity contribution in [3.05, 3.63) is 23.8 Å². The van der Waals surface area contributed by atoms with Crippen molar-refractivity contribution >= 4 is 23.5 Å². The number of esters is 2. The van der Waals surface area contributed by atoms with Gasteiger partial charge in [0.25, 0.3) is 0 Å². The van der Waals surface area contributed by atoms with Crippen LogP contribution >= 0.6 is 0 Å². The second-order valence-electron chi connectivity index (χ2n) is 13.7. The molecule has 0 amide bonds. The van der Waals surface area contributed by atoms with Crippen molar-refractivity contribution in [3.8, 4) is 0 Å². The van der Waals surface area contributed by atoms with Gasteiger partial charge in [-0.3, -0.25) is 19.2 Å². The summed E-state index contributed by atoms with van der Waals surface area (Å²) in [5.74, 6) is -5.33. The number of aliphatic hydroxyl groups excluding tert-OH is 5. The Hall–Kier alpha value is -2.59. The Morgan fingerprint density at radius 2 is 1.76 bits per heavy atom. The molecule has 0 radical (unpaired) electrons. The van der Waals surface area contributed by atoms with Crippen LogP contribution in [0.2, 0.25) is 0 Å². The molecule has 45 heavy (non-hydrogen) atoms. The molecule has 0 bridgehead atoms. The summed E-state index contributed by atoms with van der Waals surface area (Å²) in [6, 6.07) is 0. The van der Waals surface area contributed by atoms with Crippen molar-refractivity contribution in [3.63, 3.8) is 0 Å². The molecule has 0 aromatic heterocycles. The van der Waals surface area contributed by atoms with Crippen LogP contribution in [0.3, 0.4) is 0 Å². The predicted octanol–water partition coefficient (Wildman–Crippen LogP) is -0.820. The summed E-state index contributed by atoms with van der Waals surface area (Å²) >= 11 is 0. The fourth-order valence-corrected chi connectivity index (χ4v) is 8.89. The van der Waals surface area contributed by atoms with Gasteiger partial charge >= 0.3 is 11.9 Å². The number of ketones is 2. The lowest BCUT2D eigenvalue weighted by molar-refractivity contribution is -0.220.